The molecule has 4 aliphatic rings. The molecule has 8 heteroatoms. The number of rotatable bonds is 4. The first-order chi connectivity index (χ1) is 25.4. The molecule has 8 bridgehead atoms. The van der Waals surface area contributed by atoms with Crippen LogP contribution < -0.4 is 16.0 Å². The molecule has 252 valence electrons. The summed E-state index contributed by atoms with van der Waals surface area (Å²) in [6.45, 7) is 0. The van der Waals surface area contributed by atoms with Gasteiger partial charge in [0.15, 0.2) is 0 Å². The lowest BCUT2D eigenvalue weighted by atomic mass is 9.97. The molecular formula is C44H28Br4N4. The molecular weight excluding hydrogens is 904 g/mol. The van der Waals surface area contributed by atoms with Gasteiger partial charge in [-0.15, -0.1) is 0 Å². The van der Waals surface area contributed by atoms with Gasteiger partial charge in [-0.1, -0.05) is 124 Å². The van der Waals surface area contributed by atoms with Gasteiger partial charge < -0.3 is 10.3 Å². The van der Waals surface area contributed by atoms with Crippen molar-refractivity contribution in [1.29, 1.82) is 0 Å². The third-order valence-electron chi connectivity index (χ3n) is 9.61. The first-order valence-corrected chi connectivity index (χ1v) is 20.0. The van der Waals surface area contributed by atoms with Gasteiger partial charge >= 0.3 is 0 Å². The van der Waals surface area contributed by atoms with Gasteiger partial charge in [0.1, 0.15) is 0 Å². The van der Waals surface area contributed by atoms with Crippen molar-refractivity contribution in [2.45, 2.75) is 12.1 Å². The highest BCUT2D eigenvalue weighted by Gasteiger charge is 2.29. The van der Waals surface area contributed by atoms with Crippen LogP contribution in [0.15, 0.2) is 185 Å². The lowest BCUT2D eigenvalue weighted by Crippen LogP contribution is -2.30. The molecule has 5 heterocycles. The predicted molar refractivity (Wildman–Crippen MR) is 228 cm³/mol. The number of benzene rings is 4. The Morgan fingerprint density at radius 2 is 1.00 bits per heavy atom. The molecule has 5 aromatic rings. The topological polar surface area (TPSA) is 52.5 Å². The fraction of sp³-hybridized carbons (Fsp3) is 0.0455. The van der Waals surface area contributed by atoms with Gasteiger partial charge in [-0.2, -0.15) is 0 Å². The maximum absolute atomic E-state index is 5.46. The molecule has 1 aromatic heterocycles. The largest absolute Gasteiger partial charge is 0.374 e. The number of fused-ring (bicyclic) bond motifs is 6. The zero-order valence-corrected chi connectivity index (χ0v) is 33.8. The number of hydrogen-bond donors (Lipinski definition) is 2. The second-order valence-electron chi connectivity index (χ2n) is 12.8. The van der Waals surface area contributed by atoms with Gasteiger partial charge in [-0.25, -0.2) is 4.99 Å². The van der Waals surface area contributed by atoms with Crippen molar-refractivity contribution < 1.29 is 0 Å². The van der Waals surface area contributed by atoms with Crippen LogP contribution in [0.2, 0.25) is 0 Å². The van der Waals surface area contributed by atoms with E-state index in [-0.39, 0.29) is 12.1 Å². The molecule has 4 aliphatic heterocycles. The van der Waals surface area contributed by atoms with Crippen molar-refractivity contribution >= 4 is 97.4 Å². The van der Waals surface area contributed by atoms with Gasteiger partial charge in [-0.3, -0.25) is 4.99 Å². The number of nitrogens with zero attached hydrogens (tertiary/aromatic N) is 2. The molecule has 0 fully saturated rings. The summed E-state index contributed by atoms with van der Waals surface area (Å²) >= 11 is 14.6. The van der Waals surface area contributed by atoms with E-state index < -0.39 is 0 Å². The standard InChI is InChI=1S/C44H28Br4N4/c45-29-9-1-25(2-10-29)41-33-17-19-35(49-33)42(26-3-11-30(46)12-4-26)37-21-23-39(51-37)44(28-7-15-32(48)16-8-28)40-24-22-38(52-40)43(36-20-18-34(41)50-36)27-5-13-31(47)14-6-27/h1-24,33,39,49-50H/b41-34-,42-35-,43-36-,44-40-. The van der Waals surface area contributed by atoms with Crippen molar-refractivity contribution in [3.63, 3.8) is 0 Å². The normalized spacial score (nSPS) is 23.9. The van der Waals surface area contributed by atoms with E-state index in [1.807, 2.05) is 0 Å². The van der Waals surface area contributed by atoms with Gasteiger partial charge in [-0.05, 0) is 107 Å². The van der Waals surface area contributed by atoms with Crippen LogP contribution in [-0.4, -0.2) is 28.5 Å². The van der Waals surface area contributed by atoms with Crippen LogP contribution in [0.25, 0.3) is 22.3 Å². The van der Waals surface area contributed by atoms with Crippen LogP contribution in [0.1, 0.15) is 22.3 Å². The van der Waals surface area contributed by atoms with Crippen molar-refractivity contribution in [2.75, 3.05) is 0 Å². The van der Waals surface area contributed by atoms with Crippen LogP contribution in [0.5, 0.6) is 0 Å². The number of aliphatic imine (C=N–C) groups is 2. The molecule has 0 amide bonds. The van der Waals surface area contributed by atoms with Crippen molar-refractivity contribution in [3.05, 3.63) is 208 Å². The summed E-state index contributed by atoms with van der Waals surface area (Å²) in [5.41, 5.74) is 12.4. The lowest BCUT2D eigenvalue weighted by Gasteiger charge is -2.19. The summed E-state index contributed by atoms with van der Waals surface area (Å²) in [4.78, 5) is 14.7. The number of H-pyrrole nitrogens is 1. The van der Waals surface area contributed by atoms with Gasteiger partial charge in [0.25, 0.3) is 0 Å². The molecule has 4 aromatic carbocycles. The summed E-state index contributed by atoms with van der Waals surface area (Å²) in [6.07, 6.45) is 13.1. The Kier molecular flexibility index (Phi) is 8.95. The molecule has 0 aliphatic carbocycles. The molecule has 4 nitrogen and oxygen atoms in total. The first-order valence-electron chi connectivity index (χ1n) is 16.8. The van der Waals surface area contributed by atoms with E-state index in [0.717, 1.165) is 96.0 Å². The number of aromatic nitrogens is 1. The molecule has 0 spiro atoms. The molecule has 0 saturated carbocycles. The summed E-state index contributed by atoms with van der Waals surface area (Å²) in [5, 5.41) is 5.93. The number of aromatic amines is 1. The van der Waals surface area contributed by atoms with Crippen LogP contribution >= 0.6 is 63.7 Å². The zero-order chi connectivity index (χ0) is 35.3. The molecule has 0 saturated heterocycles. The minimum atomic E-state index is -0.239. The average Bonchev–Trinajstić information content (AvgIpc) is 3.99. The Bertz CT molecular complexity index is 2600. The van der Waals surface area contributed by atoms with E-state index in [9.17, 15) is 0 Å². The quantitative estimate of drug-likeness (QED) is 0.185. The zero-order valence-electron chi connectivity index (χ0n) is 27.4. The minimum Gasteiger partial charge on any atom is -0.374 e. The van der Waals surface area contributed by atoms with Crippen LogP contribution in [0, 0.1) is 0 Å². The number of nitrogens with one attached hydrogen (secondary N) is 2. The van der Waals surface area contributed by atoms with Gasteiger partial charge in [0.2, 0.25) is 0 Å². The molecule has 2 unspecified atom stereocenters. The molecule has 52 heavy (non-hydrogen) atoms. The van der Waals surface area contributed by atoms with E-state index in [2.05, 4.69) is 220 Å². The Balaban J connectivity index is 1.36. The highest BCUT2D eigenvalue weighted by atomic mass is 79.9. The summed E-state index contributed by atoms with van der Waals surface area (Å²) in [7, 11) is 0. The SMILES string of the molecule is Brc1ccc(/C2=C3\C=CC(N3)/C(c3ccc(Br)cc3)=c3/cc/c([nH]3)=C(\c3ccc(Br)cc3)C3=N/C(=C(/c4ccc(Br)cc4)C4C=CC2=N4)C=C3)cc1. The maximum Gasteiger partial charge on any atom is 0.0968 e. The van der Waals surface area contributed by atoms with E-state index in [4.69, 9.17) is 9.98 Å². The van der Waals surface area contributed by atoms with E-state index >= 15 is 0 Å². The van der Waals surface area contributed by atoms with Crippen LogP contribution in [-0.2, 0) is 0 Å². The van der Waals surface area contributed by atoms with Crippen LogP contribution in [0.3, 0.4) is 0 Å². The number of hydrogen-bond acceptors (Lipinski definition) is 3. The van der Waals surface area contributed by atoms with E-state index in [1.165, 1.54) is 0 Å². The smallest absolute Gasteiger partial charge is 0.0968 e. The van der Waals surface area contributed by atoms with Crippen LogP contribution in [0.4, 0.5) is 0 Å². The van der Waals surface area contributed by atoms with Gasteiger partial charge in [0.05, 0.1) is 29.2 Å². The third kappa shape index (κ3) is 6.36. The Morgan fingerprint density at radius 3 is 1.62 bits per heavy atom. The first kappa shape index (κ1) is 33.5. The second kappa shape index (κ2) is 13.9. The maximum atomic E-state index is 5.46. The third-order valence-corrected chi connectivity index (χ3v) is 11.7. The molecule has 2 N–H and O–H groups in total. The highest BCUT2D eigenvalue weighted by Crippen LogP contribution is 2.36. The second-order valence-corrected chi connectivity index (χ2v) is 16.5. The molecule has 2 atom stereocenters. The fourth-order valence-electron chi connectivity index (χ4n) is 7.20. The van der Waals surface area contributed by atoms with Crippen molar-refractivity contribution in [3.8, 4) is 0 Å². The van der Waals surface area contributed by atoms with E-state index in [1.54, 1.807) is 0 Å². The Hall–Kier alpha value is -4.34. The van der Waals surface area contributed by atoms with Crippen molar-refractivity contribution in [2.24, 2.45) is 9.98 Å². The van der Waals surface area contributed by atoms with E-state index in [0.29, 0.717) is 0 Å². The lowest BCUT2D eigenvalue weighted by molar-refractivity contribution is 0.857. The highest BCUT2D eigenvalue weighted by molar-refractivity contribution is 9.11. The predicted octanol–water partition coefficient (Wildman–Crippen LogP) is 10.2. The molecule has 0 radical (unpaired) electrons. The Morgan fingerprint density at radius 1 is 0.462 bits per heavy atom. The summed E-state index contributed by atoms with van der Waals surface area (Å²) in [5.74, 6) is 0. The summed E-state index contributed by atoms with van der Waals surface area (Å²) < 4.78 is 4.11. The minimum absolute atomic E-state index is 0.104. The monoisotopic (exact) mass is 928 g/mol. The number of allylic oxidation sites excluding steroid dienone is 5. The number of halogens is 4. The summed E-state index contributed by atoms with van der Waals surface area (Å²) in [6, 6.07) is 37.9. The van der Waals surface area contributed by atoms with Gasteiger partial charge in [0, 0.05) is 56.6 Å². The Labute approximate surface area is 335 Å². The molecule has 9 rings (SSSR count). The average molecular weight is 932 g/mol. The fourth-order valence-corrected chi connectivity index (χ4v) is 8.26. The van der Waals surface area contributed by atoms with Crippen molar-refractivity contribution in [1.82, 2.24) is 10.3 Å².